The molecule has 0 aliphatic heterocycles. The highest BCUT2D eigenvalue weighted by Crippen LogP contribution is 2.12. The number of rotatable bonds is 7. The van der Waals surface area contributed by atoms with Crippen molar-refractivity contribution in [3.05, 3.63) is 24.4 Å². The van der Waals surface area contributed by atoms with Crippen LogP contribution in [0.25, 0.3) is 0 Å². The van der Waals surface area contributed by atoms with Crippen LogP contribution in [0.5, 0.6) is 0 Å². The minimum atomic E-state index is -1.80. The van der Waals surface area contributed by atoms with Crippen LogP contribution in [0.2, 0.25) is 13.1 Å². The van der Waals surface area contributed by atoms with Gasteiger partial charge in [-0.2, -0.15) is 11.1 Å². The maximum absolute atomic E-state index is 11.3. The van der Waals surface area contributed by atoms with Gasteiger partial charge in [-0.25, -0.2) is 4.79 Å². The third-order valence-corrected chi connectivity index (χ3v) is 3.60. The number of hydrogen-bond acceptors (Lipinski definition) is 3. The number of halogens is 1. The summed E-state index contributed by atoms with van der Waals surface area (Å²) < 4.78 is 5.28. The molecule has 1 unspecified atom stereocenters. The molecule has 0 saturated carbocycles. The van der Waals surface area contributed by atoms with Crippen molar-refractivity contribution >= 4 is 24.4 Å². The van der Waals surface area contributed by atoms with Gasteiger partial charge < -0.3 is 4.74 Å². The molecule has 0 aromatic carbocycles. The molecule has 0 saturated heterocycles. The highest BCUT2D eigenvalue weighted by Gasteiger charge is 2.18. The zero-order chi connectivity index (χ0) is 13.5. The molecule has 0 spiro atoms. The van der Waals surface area contributed by atoms with Crippen molar-refractivity contribution in [3.63, 3.8) is 0 Å². The summed E-state index contributed by atoms with van der Waals surface area (Å²) in [5.41, 5.74) is 1.97. The number of carbonyl (C=O) groups excluding carboxylic acids is 1. The van der Waals surface area contributed by atoms with E-state index in [-0.39, 0.29) is 6.23 Å². The van der Waals surface area contributed by atoms with Crippen molar-refractivity contribution in [1.29, 1.82) is 0 Å². The summed E-state index contributed by atoms with van der Waals surface area (Å²) in [5.74, 6) is -0.416. The first-order valence-corrected chi connectivity index (χ1v) is 9.88. The fourth-order valence-electron chi connectivity index (χ4n) is 1.30. The Hall–Kier alpha value is -0.583. The lowest BCUT2D eigenvalue weighted by Crippen LogP contribution is -2.37. The SMILES string of the molecule is C=CC(=O)OC(C=C[Si](C)(C)Cl)N(CC)CC. The molecular formula is C12H22ClNO2Si. The van der Waals surface area contributed by atoms with Gasteiger partial charge in [0.2, 0.25) is 0 Å². The molecule has 17 heavy (non-hydrogen) atoms. The van der Waals surface area contributed by atoms with E-state index in [0.29, 0.717) is 0 Å². The number of ether oxygens (including phenoxy) is 1. The molecular weight excluding hydrogens is 254 g/mol. The lowest BCUT2D eigenvalue weighted by Gasteiger charge is -2.26. The zero-order valence-corrected chi connectivity index (χ0v) is 12.8. The molecule has 0 N–H and O–H groups in total. The Kier molecular flexibility index (Phi) is 7.42. The summed E-state index contributed by atoms with van der Waals surface area (Å²) in [6, 6.07) is 0. The third-order valence-electron chi connectivity index (χ3n) is 2.23. The van der Waals surface area contributed by atoms with Gasteiger partial charge in [-0.3, -0.25) is 4.90 Å². The molecule has 0 fully saturated rings. The van der Waals surface area contributed by atoms with Gasteiger partial charge in [-0.1, -0.05) is 39.2 Å². The molecule has 0 heterocycles. The van der Waals surface area contributed by atoms with Gasteiger partial charge in [0.05, 0.1) is 0 Å². The van der Waals surface area contributed by atoms with Crippen molar-refractivity contribution in [1.82, 2.24) is 4.90 Å². The predicted molar refractivity (Wildman–Crippen MR) is 75.5 cm³/mol. The molecule has 98 valence electrons. The monoisotopic (exact) mass is 275 g/mol. The molecule has 0 radical (unpaired) electrons. The van der Waals surface area contributed by atoms with Crippen LogP contribution in [0, 0.1) is 0 Å². The molecule has 0 bridgehead atoms. The van der Waals surface area contributed by atoms with Gasteiger partial charge in [0.15, 0.2) is 13.6 Å². The standard InChI is InChI=1S/C12H22ClNO2Si/c1-6-12(15)16-11(14(7-2)8-3)9-10-17(4,5)13/h6,9-11H,1,7-8H2,2-5H3. The Morgan fingerprint density at radius 3 is 2.35 bits per heavy atom. The van der Waals surface area contributed by atoms with Crippen LogP contribution in [-0.4, -0.2) is 37.6 Å². The Balaban J connectivity index is 4.78. The molecule has 3 nitrogen and oxygen atoms in total. The first-order valence-electron chi connectivity index (χ1n) is 5.79. The Bertz CT molecular complexity index is 283. The first kappa shape index (κ1) is 16.4. The minimum Gasteiger partial charge on any atom is -0.440 e. The summed E-state index contributed by atoms with van der Waals surface area (Å²) in [5, 5.41) is 0. The van der Waals surface area contributed by atoms with E-state index in [1.54, 1.807) is 0 Å². The molecule has 5 heteroatoms. The Morgan fingerprint density at radius 2 is 2.00 bits per heavy atom. The van der Waals surface area contributed by atoms with Crippen LogP contribution in [0.3, 0.4) is 0 Å². The largest absolute Gasteiger partial charge is 0.440 e. The smallest absolute Gasteiger partial charge is 0.331 e. The van der Waals surface area contributed by atoms with Gasteiger partial charge in [-0.05, 0) is 19.2 Å². The van der Waals surface area contributed by atoms with Gasteiger partial charge >= 0.3 is 5.97 Å². The summed E-state index contributed by atoms with van der Waals surface area (Å²) >= 11 is 6.21. The second-order valence-electron chi connectivity index (χ2n) is 4.18. The van der Waals surface area contributed by atoms with E-state index in [4.69, 9.17) is 15.8 Å². The van der Waals surface area contributed by atoms with E-state index in [1.807, 2.05) is 43.6 Å². The molecule has 0 amide bonds. The van der Waals surface area contributed by atoms with Gasteiger partial charge in [0.25, 0.3) is 0 Å². The van der Waals surface area contributed by atoms with Crippen molar-refractivity contribution in [2.45, 2.75) is 33.2 Å². The molecule has 0 aliphatic carbocycles. The molecule has 1 atom stereocenters. The summed E-state index contributed by atoms with van der Waals surface area (Å²) in [4.78, 5) is 13.3. The van der Waals surface area contributed by atoms with E-state index >= 15 is 0 Å². The summed E-state index contributed by atoms with van der Waals surface area (Å²) in [6.07, 6.45) is 2.68. The number of esters is 1. The maximum atomic E-state index is 11.3. The van der Waals surface area contributed by atoms with Crippen molar-refractivity contribution < 1.29 is 9.53 Å². The van der Waals surface area contributed by atoms with Gasteiger partial charge in [-0.15, -0.1) is 0 Å². The fraction of sp³-hybridized carbons (Fsp3) is 0.583. The third kappa shape index (κ3) is 7.36. The summed E-state index contributed by atoms with van der Waals surface area (Å²) in [6.45, 7) is 13.1. The number of likely N-dealkylation sites (N-methyl/N-ethyl adjacent to an activating group) is 1. The van der Waals surface area contributed by atoms with Gasteiger partial charge in [0.1, 0.15) is 0 Å². The topological polar surface area (TPSA) is 29.5 Å². The molecule has 0 aromatic heterocycles. The van der Waals surface area contributed by atoms with Crippen LogP contribution < -0.4 is 0 Å². The maximum Gasteiger partial charge on any atom is 0.331 e. The lowest BCUT2D eigenvalue weighted by atomic mass is 10.4. The van der Waals surface area contributed by atoms with Crippen molar-refractivity contribution in [2.75, 3.05) is 13.1 Å². The van der Waals surface area contributed by atoms with E-state index < -0.39 is 13.4 Å². The number of hydrogen-bond donors (Lipinski definition) is 0. The normalized spacial score (nSPS) is 14.0. The van der Waals surface area contributed by atoms with Crippen molar-refractivity contribution in [3.8, 4) is 0 Å². The second kappa shape index (κ2) is 7.69. The summed E-state index contributed by atoms with van der Waals surface area (Å²) in [7, 11) is -1.80. The minimum absolute atomic E-state index is 0.360. The van der Waals surface area contributed by atoms with Crippen LogP contribution in [0.15, 0.2) is 24.4 Å². The molecule has 0 aromatic rings. The van der Waals surface area contributed by atoms with Crippen LogP contribution in [-0.2, 0) is 9.53 Å². The number of carbonyl (C=O) groups is 1. The predicted octanol–water partition coefficient (Wildman–Crippen LogP) is 2.92. The lowest BCUT2D eigenvalue weighted by molar-refractivity contribution is -0.148. The number of nitrogens with zero attached hydrogens (tertiary/aromatic N) is 1. The van der Waals surface area contributed by atoms with E-state index in [2.05, 4.69) is 6.58 Å². The first-order chi connectivity index (χ1) is 7.84. The van der Waals surface area contributed by atoms with E-state index in [9.17, 15) is 4.79 Å². The second-order valence-corrected chi connectivity index (χ2v) is 10.6. The van der Waals surface area contributed by atoms with Crippen LogP contribution in [0.1, 0.15) is 13.8 Å². The quantitative estimate of drug-likeness (QED) is 0.235. The Labute approximate surface area is 110 Å². The average Bonchev–Trinajstić information content (AvgIpc) is 2.25. The molecule has 0 rings (SSSR count). The van der Waals surface area contributed by atoms with E-state index in [1.165, 1.54) is 6.08 Å². The van der Waals surface area contributed by atoms with E-state index in [0.717, 1.165) is 13.1 Å². The van der Waals surface area contributed by atoms with Crippen LogP contribution in [0.4, 0.5) is 0 Å². The van der Waals surface area contributed by atoms with Gasteiger partial charge in [0, 0.05) is 6.08 Å². The zero-order valence-electron chi connectivity index (χ0n) is 11.1. The van der Waals surface area contributed by atoms with Crippen LogP contribution >= 0.6 is 11.1 Å². The Morgan fingerprint density at radius 1 is 1.47 bits per heavy atom. The average molecular weight is 276 g/mol. The highest BCUT2D eigenvalue weighted by atomic mass is 35.6. The van der Waals surface area contributed by atoms with Crippen molar-refractivity contribution in [2.24, 2.45) is 0 Å². The highest BCUT2D eigenvalue weighted by molar-refractivity contribution is 7.21. The molecule has 0 aliphatic rings. The fourth-order valence-corrected chi connectivity index (χ4v) is 2.14.